The Hall–Kier alpha value is -2.28. The smallest absolute Gasteiger partial charge is 0.305 e. The zero-order valence-electron chi connectivity index (χ0n) is 13.7. The number of carbonyl (C=O) groups excluding carboxylic acids is 2. The molecule has 128 valence electrons. The molecule has 2 aromatic rings. The maximum atomic E-state index is 11.9. The average Bonchev–Trinajstić information content (AvgIpc) is 3.05. The number of amides is 1. The number of ether oxygens (including phenoxy) is 1. The topological polar surface area (TPSA) is 81.2 Å². The first-order chi connectivity index (χ1) is 11.7. The molecular formula is C17H21N3O3S. The number of esters is 1. The third kappa shape index (κ3) is 6.45. The Balaban J connectivity index is 1.68. The number of unbranched alkanes of at least 4 members (excludes halogenated alkanes) is 1. The lowest BCUT2D eigenvalue weighted by Crippen LogP contribution is -2.12. The number of hydrogen-bond acceptors (Lipinski definition) is 6. The predicted molar refractivity (Wildman–Crippen MR) is 92.9 cm³/mol. The van der Waals surface area contributed by atoms with E-state index in [0.29, 0.717) is 24.4 Å². The zero-order valence-corrected chi connectivity index (χ0v) is 14.5. The number of nitrogens with zero attached hydrogens (tertiary/aromatic N) is 2. The van der Waals surface area contributed by atoms with Crippen LogP contribution >= 0.6 is 11.3 Å². The summed E-state index contributed by atoms with van der Waals surface area (Å²) in [5.74, 6) is -0.258. The van der Waals surface area contributed by atoms with Gasteiger partial charge in [0, 0.05) is 19.3 Å². The average molecular weight is 347 g/mol. The molecular weight excluding hydrogens is 326 g/mol. The van der Waals surface area contributed by atoms with Gasteiger partial charge in [-0.2, -0.15) is 0 Å². The van der Waals surface area contributed by atoms with Crippen molar-refractivity contribution >= 4 is 28.3 Å². The molecule has 1 aromatic heterocycles. The van der Waals surface area contributed by atoms with Gasteiger partial charge < -0.3 is 10.1 Å². The Labute approximate surface area is 145 Å². The largest absolute Gasteiger partial charge is 0.469 e. The maximum absolute atomic E-state index is 11.9. The molecule has 0 fully saturated rings. The molecule has 0 aliphatic carbocycles. The summed E-state index contributed by atoms with van der Waals surface area (Å²) in [5.41, 5.74) is 1.14. The predicted octanol–water partition coefficient (Wildman–Crippen LogP) is 3.00. The third-order valence-electron chi connectivity index (χ3n) is 3.45. The van der Waals surface area contributed by atoms with Crippen LogP contribution in [0.1, 0.15) is 36.3 Å². The van der Waals surface area contributed by atoms with Crippen molar-refractivity contribution in [1.29, 1.82) is 0 Å². The summed E-state index contributed by atoms with van der Waals surface area (Å²) in [6.45, 7) is 0. The summed E-state index contributed by atoms with van der Waals surface area (Å²) in [7, 11) is 1.39. The molecule has 0 saturated heterocycles. The number of benzene rings is 1. The van der Waals surface area contributed by atoms with E-state index in [0.717, 1.165) is 29.8 Å². The normalized spacial score (nSPS) is 10.4. The highest BCUT2D eigenvalue weighted by Crippen LogP contribution is 2.18. The SMILES string of the molecule is COC(=O)CCCCc1nnc(NC(=O)CCc2ccccc2)s1. The van der Waals surface area contributed by atoms with E-state index in [9.17, 15) is 9.59 Å². The van der Waals surface area contributed by atoms with E-state index in [4.69, 9.17) is 0 Å². The second-order valence-electron chi connectivity index (χ2n) is 5.32. The second-order valence-corrected chi connectivity index (χ2v) is 6.38. The standard InChI is InChI=1S/C17H21N3O3S/c1-23-16(22)10-6-5-9-15-19-20-17(24-15)18-14(21)12-11-13-7-3-2-4-8-13/h2-4,7-8H,5-6,9-12H2,1H3,(H,18,20,21). The van der Waals surface area contributed by atoms with Crippen LogP contribution in [0, 0.1) is 0 Å². The summed E-state index contributed by atoms with van der Waals surface area (Å²) in [4.78, 5) is 23.0. The van der Waals surface area contributed by atoms with Gasteiger partial charge in [-0.25, -0.2) is 0 Å². The molecule has 24 heavy (non-hydrogen) atoms. The van der Waals surface area contributed by atoms with Gasteiger partial charge in [-0.05, 0) is 24.8 Å². The van der Waals surface area contributed by atoms with Crippen molar-refractivity contribution in [2.75, 3.05) is 12.4 Å². The molecule has 1 heterocycles. The van der Waals surface area contributed by atoms with Crippen LogP contribution in [0.2, 0.25) is 0 Å². The second kappa shape index (κ2) is 9.77. The Morgan fingerprint density at radius 2 is 1.88 bits per heavy atom. The molecule has 1 N–H and O–H groups in total. The molecule has 0 atom stereocenters. The van der Waals surface area contributed by atoms with Crippen LogP contribution < -0.4 is 5.32 Å². The van der Waals surface area contributed by atoms with E-state index < -0.39 is 0 Å². The quantitative estimate of drug-likeness (QED) is 0.557. The molecule has 6 nitrogen and oxygen atoms in total. The number of aromatic nitrogens is 2. The number of aryl methyl sites for hydroxylation is 2. The minimum atomic E-state index is -0.196. The molecule has 1 amide bonds. The van der Waals surface area contributed by atoms with E-state index in [1.807, 2.05) is 30.3 Å². The monoisotopic (exact) mass is 347 g/mol. The summed E-state index contributed by atoms with van der Waals surface area (Å²) < 4.78 is 4.59. The van der Waals surface area contributed by atoms with Crippen molar-refractivity contribution in [2.45, 2.75) is 38.5 Å². The number of hydrogen-bond donors (Lipinski definition) is 1. The number of anilines is 1. The fourth-order valence-electron chi connectivity index (χ4n) is 2.14. The van der Waals surface area contributed by atoms with Crippen molar-refractivity contribution in [2.24, 2.45) is 0 Å². The third-order valence-corrected chi connectivity index (χ3v) is 4.34. The van der Waals surface area contributed by atoms with Crippen molar-refractivity contribution in [3.05, 3.63) is 40.9 Å². The molecule has 0 unspecified atom stereocenters. The van der Waals surface area contributed by atoms with E-state index in [1.165, 1.54) is 18.4 Å². The molecule has 1 aromatic carbocycles. The Bertz CT molecular complexity index is 658. The minimum absolute atomic E-state index is 0.0627. The van der Waals surface area contributed by atoms with Gasteiger partial charge in [0.2, 0.25) is 11.0 Å². The van der Waals surface area contributed by atoms with Crippen molar-refractivity contribution in [3.63, 3.8) is 0 Å². The zero-order chi connectivity index (χ0) is 17.2. The number of carbonyl (C=O) groups is 2. The molecule has 0 spiro atoms. The fourth-order valence-corrected chi connectivity index (χ4v) is 2.93. The van der Waals surface area contributed by atoms with E-state index >= 15 is 0 Å². The summed E-state index contributed by atoms with van der Waals surface area (Å²) in [5, 5.41) is 12.2. The maximum Gasteiger partial charge on any atom is 0.305 e. The first kappa shape index (κ1) is 18.1. The number of rotatable bonds is 9. The molecule has 0 bridgehead atoms. The van der Waals surface area contributed by atoms with Crippen LogP contribution in [-0.4, -0.2) is 29.2 Å². The highest BCUT2D eigenvalue weighted by atomic mass is 32.1. The van der Waals surface area contributed by atoms with Crippen molar-refractivity contribution < 1.29 is 14.3 Å². The van der Waals surface area contributed by atoms with E-state index in [2.05, 4.69) is 20.3 Å². The lowest BCUT2D eigenvalue weighted by atomic mass is 10.1. The van der Waals surface area contributed by atoms with Crippen molar-refractivity contribution in [1.82, 2.24) is 10.2 Å². The van der Waals surface area contributed by atoms with Crippen LogP contribution in [0.4, 0.5) is 5.13 Å². The van der Waals surface area contributed by atoms with Gasteiger partial charge in [0.15, 0.2) is 0 Å². The molecule has 0 aliphatic heterocycles. The molecule has 0 aliphatic rings. The van der Waals surface area contributed by atoms with Gasteiger partial charge in [-0.15, -0.1) is 10.2 Å². The van der Waals surface area contributed by atoms with Crippen LogP contribution in [0.25, 0.3) is 0 Å². The first-order valence-corrected chi connectivity index (χ1v) is 8.72. The van der Waals surface area contributed by atoms with Crippen LogP contribution in [-0.2, 0) is 27.2 Å². The highest BCUT2D eigenvalue weighted by Gasteiger charge is 2.09. The summed E-state index contributed by atoms with van der Waals surface area (Å²) >= 11 is 1.38. The first-order valence-electron chi connectivity index (χ1n) is 7.90. The molecule has 0 radical (unpaired) electrons. The van der Waals surface area contributed by atoms with Gasteiger partial charge in [-0.3, -0.25) is 9.59 Å². The van der Waals surface area contributed by atoms with Gasteiger partial charge >= 0.3 is 5.97 Å². The van der Waals surface area contributed by atoms with Crippen molar-refractivity contribution in [3.8, 4) is 0 Å². The van der Waals surface area contributed by atoms with Gasteiger partial charge in [0.1, 0.15) is 5.01 Å². The number of nitrogens with one attached hydrogen (secondary N) is 1. The van der Waals surface area contributed by atoms with Crippen LogP contribution in [0.5, 0.6) is 0 Å². The fraction of sp³-hybridized carbons (Fsp3) is 0.412. The summed E-state index contributed by atoms with van der Waals surface area (Å²) in [6.07, 6.45) is 3.87. The Morgan fingerprint density at radius 3 is 2.62 bits per heavy atom. The minimum Gasteiger partial charge on any atom is -0.469 e. The Morgan fingerprint density at radius 1 is 1.08 bits per heavy atom. The van der Waals surface area contributed by atoms with Crippen LogP contribution in [0.15, 0.2) is 30.3 Å². The summed E-state index contributed by atoms with van der Waals surface area (Å²) in [6, 6.07) is 9.89. The Kier molecular flexibility index (Phi) is 7.35. The van der Waals surface area contributed by atoms with Gasteiger partial charge in [0.25, 0.3) is 0 Å². The number of methoxy groups -OCH3 is 1. The molecule has 0 saturated carbocycles. The highest BCUT2D eigenvalue weighted by molar-refractivity contribution is 7.15. The molecule has 2 rings (SSSR count). The lowest BCUT2D eigenvalue weighted by molar-refractivity contribution is -0.140. The van der Waals surface area contributed by atoms with E-state index in [1.54, 1.807) is 0 Å². The molecule has 7 heteroatoms. The van der Waals surface area contributed by atoms with Gasteiger partial charge in [-0.1, -0.05) is 41.7 Å². The lowest BCUT2D eigenvalue weighted by Gasteiger charge is -2.01. The van der Waals surface area contributed by atoms with Gasteiger partial charge in [0.05, 0.1) is 7.11 Å². The van der Waals surface area contributed by atoms with E-state index in [-0.39, 0.29) is 11.9 Å². The van der Waals surface area contributed by atoms with Crippen LogP contribution in [0.3, 0.4) is 0 Å².